The minimum atomic E-state index is -0.485. The number of anilines is 2. The summed E-state index contributed by atoms with van der Waals surface area (Å²) in [7, 11) is 0. The van der Waals surface area contributed by atoms with Gasteiger partial charge < -0.3 is 21.1 Å². The highest BCUT2D eigenvalue weighted by Gasteiger charge is 2.28. The molecule has 0 aromatic carbocycles. The van der Waals surface area contributed by atoms with Gasteiger partial charge in [0.1, 0.15) is 15.6 Å². The third-order valence-corrected chi connectivity index (χ3v) is 5.11. The Morgan fingerprint density at radius 3 is 2.81 bits per heavy atom. The van der Waals surface area contributed by atoms with Crippen LogP contribution in [0.5, 0.6) is 5.75 Å². The maximum atomic E-state index is 11.6. The summed E-state index contributed by atoms with van der Waals surface area (Å²) < 4.78 is 5.87. The van der Waals surface area contributed by atoms with Crippen molar-refractivity contribution in [2.24, 2.45) is 11.7 Å². The van der Waals surface area contributed by atoms with Crippen molar-refractivity contribution in [2.75, 3.05) is 23.7 Å². The Hall–Kier alpha value is -1.43. The van der Waals surface area contributed by atoms with Crippen molar-refractivity contribution in [1.29, 1.82) is 0 Å². The minimum absolute atomic E-state index is 0.00754. The van der Waals surface area contributed by atoms with E-state index < -0.39 is 5.91 Å². The van der Waals surface area contributed by atoms with Gasteiger partial charge in [0.15, 0.2) is 5.75 Å². The molecule has 2 heterocycles. The first-order valence-corrected chi connectivity index (χ1v) is 8.39. The first-order chi connectivity index (χ1) is 9.93. The molecule has 118 valence electrons. The van der Waals surface area contributed by atoms with E-state index in [9.17, 15) is 4.79 Å². The predicted molar refractivity (Wildman–Crippen MR) is 88.2 cm³/mol. The van der Waals surface area contributed by atoms with E-state index in [2.05, 4.69) is 11.8 Å². The van der Waals surface area contributed by atoms with Gasteiger partial charge in [-0.05, 0) is 32.6 Å². The molecule has 0 aliphatic carbocycles. The number of piperidine rings is 1. The average Bonchev–Trinajstić information content (AvgIpc) is 2.76. The van der Waals surface area contributed by atoms with Crippen LogP contribution in [0.3, 0.4) is 0 Å². The fraction of sp³-hybridized carbons (Fsp3) is 0.667. The molecule has 1 aliphatic rings. The minimum Gasteiger partial charge on any atom is -0.486 e. The first kappa shape index (κ1) is 15.9. The van der Waals surface area contributed by atoms with Gasteiger partial charge in [-0.2, -0.15) is 0 Å². The molecular weight excluding hydrogens is 286 g/mol. The van der Waals surface area contributed by atoms with Crippen molar-refractivity contribution < 1.29 is 9.53 Å². The number of carbonyl (C=O) groups is 1. The topological polar surface area (TPSA) is 81.6 Å². The predicted octanol–water partition coefficient (Wildman–Crippen LogP) is 2.84. The molecule has 1 aliphatic heterocycles. The summed E-state index contributed by atoms with van der Waals surface area (Å²) >= 11 is 1.36. The molecule has 1 amide bonds. The fourth-order valence-electron chi connectivity index (χ4n) is 2.74. The van der Waals surface area contributed by atoms with Gasteiger partial charge in [0.05, 0.1) is 6.10 Å². The van der Waals surface area contributed by atoms with Crippen LogP contribution in [-0.2, 0) is 0 Å². The highest BCUT2D eigenvalue weighted by Crippen LogP contribution is 2.46. The molecule has 5 nitrogen and oxygen atoms in total. The number of ether oxygens (including phenoxy) is 1. The van der Waals surface area contributed by atoms with Gasteiger partial charge in [-0.1, -0.05) is 13.3 Å². The van der Waals surface area contributed by atoms with Gasteiger partial charge in [-0.15, -0.1) is 11.3 Å². The van der Waals surface area contributed by atoms with E-state index >= 15 is 0 Å². The summed E-state index contributed by atoms with van der Waals surface area (Å²) in [4.78, 5) is 14.3. The highest BCUT2D eigenvalue weighted by atomic mass is 32.1. The smallest absolute Gasteiger partial charge is 0.261 e. The van der Waals surface area contributed by atoms with Crippen molar-refractivity contribution in [1.82, 2.24) is 0 Å². The van der Waals surface area contributed by atoms with Crippen molar-refractivity contribution in [3.8, 4) is 5.75 Å². The lowest BCUT2D eigenvalue weighted by atomic mass is 9.96. The quantitative estimate of drug-likeness (QED) is 0.876. The number of primary amides is 1. The van der Waals surface area contributed by atoms with Crippen molar-refractivity contribution in [2.45, 2.75) is 46.1 Å². The SMILES string of the molecule is CCC1CCCN(c2sc(C(N)=O)c(N)c2OC(C)C)C1. The molecule has 0 radical (unpaired) electrons. The molecule has 0 bridgehead atoms. The zero-order valence-corrected chi connectivity index (χ0v) is 13.8. The second-order valence-electron chi connectivity index (χ2n) is 5.87. The number of nitrogens with zero attached hydrogens (tertiary/aromatic N) is 1. The van der Waals surface area contributed by atoms with Crippen molar-refractivity contribution in [3.63, 3.8) is 0 Å². The van der Waals surface area contributed by atoms with Gasteiger partial charge in [0.25, 0.3) is 5.91 Å². The lowest BCUT2D eigenvalue weighted by Crippen LogP contribution is -2.35. The molecule has 1 aromatic rings. The van der Waals surface area contributed by atoms with Crippen LogP contribution in [0.25, 0.3) is 0 Å². The highest BCUT2D eigenvalue weighted by molar-refractivity contribution is 7.19. The van der Waals surface area contributed by atoms with Crippen LogP contribution < -0.4 is 21.1 Å². The number of thiophene rings is 1. The zero-order valence-electron chi connectivity index (χ0n) is 13.0. The Morgan fingerprint density at radius 2 is 2.24 bits per heavy atom. The van der Waals surface area contributed by atoms with Crippen molar-refractivity contribution in [3.05, 3.63) is 4.88 Å². The molecular formula is C15H25N3O2S. The van der Waals surface area contributed by atoms with Crippen LogP contribution in [-0.4, -0.2) is 25.1 Å². The average molecular weight is 311 g/mol. The van der Waals surface area contributed by atoms with Crippen LogP contribution in [0.4, 0.5) is 10.7 Å². The van der Waals surface area contributed by atoms with E-state index in [-0.39, 0.29) is 6.10 Å². The van der Waals surface area contributed by atoms with E-state index in [1.807, 2.05) is 13.8 Å². The van der Waals surface area contributed by atoms with E-state index in [4.69, 9.17) is 16.2 Å². The maximum Gasteiger partial charge on any atom is 0.261 e. The van der Waals surface area contributed by atoms with Crippen LogP contribution in [0.1, 0.15) is 49.7 Å². The Morgan fingerprint density at radius 1 is 1.52 bits per heavy atom. The molecule has 1 atom stereocenters. The standard InChI is InChI=1S/C15H25N3O2S/c1-4-10-6-5-7-18(8-10)15-12(20-9(2)3)11(16)13(21-15)14(17)19/h9-10H,4-8,16H2,1-3H3,(H2,17,19). The summed E-state index contributed by atoms with van der Waals surface area (Å²) in [6, 6.07) is 0. The fourth-order valence-corrected chi connectivity index (χ4v) is 3.78. The molecule has 1 aromatic heterocycles. The van der Waals surface area contributed by atoms with Crippen molar-refractivity contribution >= 4 is 27.9 Å². The molecule has 0 saturated carbocycles. The van der Waals surface area contributed by atoms with Crippen LogP contribution in [0.2, 0.25) is 0 Å². The number of hydrogen-bond donors (Lipinski definition) is 2. The number of rotatable bonds is 5. The summed E-state index contributed by atoms with van der Waals surface area (Å²) in [6.07, 6.45) is 3.59. The van der Waals surface area contributed by atoms with E-state index in [0.717, 1.165) is 24.5 Å². The van der Waals surface area contributed by atoms with Gasteiger partial charge in [0, 0.05) is 13.1 Å². The Bertz CT molecular complexity index is 513. The number of amides is 1. The van der Waals surface area contributed by atoms with E-state index in [1.165, 1.54) is 24.2 Å². The second-order valence-corrected chi connectivity index (χ2v) is 6.87. The van der Waals surface area contributed by atoms with Gasteiger partial charge in [0.2, 0.25) is 0 Å². The number of carbonyl (C=O) groups excluding carboxylic acids is 1. The molecule has 21 heavy (non-hydrogen) atoms. The third kappa shape index (κ3) is 3.43. The Balaban J connectivity index is 2.36. The molecule has 0 spiro atoms. The zero-order chi connectivity index (χ0) is 15.6. The van der Waals surface area contributed by atoms with Gasteiger partial charge in [-0.25, -0.2) is 0 Å². The Labute approximate surface area is 130 Å². The monoisotopic (exact) mass is 311 g/mol. The Kier molecular flexibility index (Phi) is 4.98. The summed E-state index contributed by atoms with van der Waals surface area (Å²) in [5, 5.41) is 0.952. The number of nitrogen functional groups attached to an aromatic ring is 1. The van der Waals surface area contributed by atoms with E-state index in [0.29, 0.717) is 22.2 Å². The molecule has 2 rings (SSSR count). The number of nitrogens with two attached hydrogens (primary N) is 2. The van der Waals surface area contributed by atoms with Gasteiger partial charge >= 0.3 is 0 Å². The summed E-state index contributed by atoms with van der Waals surface area (Å²) in [6.45, 7) is 8.09. The largest absolute Gasteiger partial charge is 0.486 e. The molecule has 1 saturated heterocycles. The van der Waals surface area contributed by atoms with Crippen LogP contribution in [0.15, 0.2) is 0 Å². The van der Waals surface area contributed by atoms with Crippen LogP contribution in [0, 0.1) is 5.92 Å². The molecule has 4 N–H and O–H groups in total. The second kappa shape index (κ2) is 6.56. The lowest BCUT2D eigenvalue weighted by Gasteiger charge is -2.33. The van der Waals surface area contributed by atoms with Crippen LogP contribution >= 0.6 is 11.3 Å². The first-order valence-electron chi connectivity index (χ1n) is 7.57. The van der Waals surface area contributed by atoms with Gasteiger partial charge in [-0.3, -0.25) is 4.79 Å². The molecule has 1 fully saturated rings. The summed E-state index contributed by atoms with van der Waals surface area (Å²) in [5.41, 5.74) is 11.9. The normalized spacial score (nSPS) is 19.0. The van der Waals surface area contributed by atoms with E-state index in [1.54, 1.807) is 0 Å². The lowest BCUT2D eigenvalue weighted by molar-refractivity contribution is 0.100. The third-order valence-electron chi connectivity index (χ3n) is 3.84. The summed E-state index contributed by atoms with van der Waals surface area (Å²) in [5.74, 6) is 0.827. The molecule has 1 unspecified atom stereocenters. The number of hydrogen-bond acceptors (Lipinski definition) is 5. The maximum absolute atomic E-state index is 11.6. The molecule has 6 heteroatoms.